The lowest BCUT2D eigenvalue weighted by molar-refractivity contribution is 0.475. The Hall–Kier alpha value is -1.51. The minimum atomic E-state index is 0.322. The van der Waals surface area contributed by atoms with Crippen LogP contribution in [0.3, 0.4) is 0 Å². The molecule has 1 aliphatic carbocycles. The van der Waals surface area contributed by atoms with Crippen molar-refractivity contribution in [3.05, 3.63) is 24.3 Å². The van der Waals surface area contributed by atoms with Gasteiger partial charge in [-0.25, -0.2) is 0 Å². The van der Waals surface area contributed by atoms with Crippen LogP contribution < -0.4 is 4.90 Å². The third kappa shape index (κ3) is 1.58. The van der Waals surface area contributed by atoms with Gasteiger partial charge >= 0.3 is 0 Å². The van der Waals surface area contributed by atoms with Crippen LogP contribution in [0.4, 0.5) is 5.69 Å². The molecule has 1 aromatic rings. The molecule has 1 saturated carbocycles. The summed E-state index contributed by atoms with van der Waals surface area (Å²) in [7, 11) is 0. The Morgan fingerprint density at radius 2 is 1.93 bits per heavy atom. The van der Waals surface area contributed by atoms with Crippen LogP contribution >= 0.6 is 0 Å². The number of benzene rings is 1. The van der Waals surface area contributed by atoms with E-state index in [-0.39, 0.29) is 0 Å². The molecule has 0 radical (unpaired) electrons. The Balaban J connectivity index is 1.87. The topological polar surface area (TPSA) is 35.8 Å². The average Bonchev–Trinajstić information content (AvgIpc) is 2.98. The van der Waals surface area contributed by atoms with Crippen molar-refractivity contribution in [2.24, 2.45) is 10.9 Å². The molecule has 3 rings (SSSR count). The van der Waals surface area contributed by atoms with Gasteiger partial charge < -0.3 is 10.0 Å². The molecule has 1 fully saturated rings. The minimum absolute atomic E-state index is 0.322. The number of rotatable bonds is 2. The van der Waals surface area contributed by atoms with E-state index >= 15 is 0 Å². The SMILES string of the molecule is Oc1ccc(N2CCN=C2C2CC2)cc1. The van der Waals surface area contributed by atoms with Gasteiger partial charge in [0.15, 0.2) is 0 Å². The van der Waals surface area contributed by atoms with E-state index in [1.807, 2.05) is 12.1 Å². The Morgan fingerprint density at radius 3 is 2.60 bits per heavy atom. The van der Waals surface area contributed by atoms with Gasteiger partial charge in [0.25, 0.3) is 0 Å². The molecular formula is C12H14N2O. The maximum absolute atomic E-state index is 9.24. The fraction of sp³-hybridized carbons (Fsp3) is 0.417. The van der Waals surface area contributed by atoms with Crippen molar-refractivity contribution in [2.45, 2.75) is 12.8 Å². The molecule has 1 aliphatic heterocycles. The van der Waals surface area contributed by atoms with E-state index in [1.165, 1.54) is 18.7 Å². The number of phenolic OH excluding ortho intramolecular Hbond substituents is 1. The summed E-state index contributed by atoms with van der Waals surface area (Å²) in [6, 6.07) is 7.38. The molecule has 1 aromatic carbocycles. The first kappa shape index (κ1) is 8.77. The summed E-state index contributed by atoms with van der Waals surface area (Å²) in [5.74, 6) is 2.27. The Labute approximate surface area is 89.1 Å². The molecule has 0 saturated heterocycles. The summed E-state index contributed by atoms with van der Waals surface area (Å²) in [5, 5.41) is 9.24. The lowest BCUT2D eigenvalue weighted by Gasteiger charge is -2.20. The summed E-state index contributed by atoms with van der Waals surface area (Å²) < 4.78 is 0. The van der Waals surface area contributed by atoms with Crippen LogP contribution in [0, 0.1) is 5.92 Å². The Bertz CT molecular complexity index is 393. The molecule has 0 unspecified atom stereocenters. The first-order chi connectivity index (χ1) is 7.34. The highest BCUT2D eigenvalue weighted by Gasteiger charge is 2.33. The molecular weight excluding hydrogens is 188 g/mol. The van der Waals surface area contributed by atoms with Crippen molar-refractivity contribution in [3.8, 4) is 5.75 Å². The van der Waals surface area contributed by atoms with Gasteiger partial charge in [0.1, 0.15) is 11.6 Å². The molecule has 1 N–H and O–H groups in total. The summed E-state index contributed by atoms with van der Waals surface area (Å²) in [6.45, 7) is 1.89. The third-order valence-corrected chi connectivity index (χ3v) is 2.98. The summed E-state index contributed by atoms with van der Waals surface area (Å²) >= 11 is 0. The molecule has 1 heterocycles. The maximum atomic E-state index is 9.24. The predicted molar refractivity (Wildman–Crippen MR) is 60.5 cm³/mol. The number of hydrogen-bond donors (Lipinski definition) is 1. The fourth-order valence-corrected chi connectivity index (χ4v) is 2.05. The fourth-order valence-electron chi connectivity index (χ4n) is 2.05. The van der Waals surface area contributed by atoms with Crippen LogP contribution in [0.2, 0.25) is 0 Å². The zero-order valence-corrected chi connectivity index (χ0v) is 8.56. The van der Waals surface area contributed by atoms with Crippen molar-refractivity contribution in [1.82, 2.24) is 0 Å². The highest BCUT2D eigenvalue weighted by atomic mass is 16.3. The number of aliphatic imine (C=N–C) groups is 1. The van der Waals surface area contributed by atoms with Gasteiger partial charge in [-0.2, -0.15) is 0 Å². The standard InChI is InChI=1S/C12H14N2O/c15-11-5-3-10(4-6-11)14-8-7-13-12(14)9-1-2-9/h3-6,9,15H,1-2,7-8H2. The predicted octanol–water partition coefficient (Wildman–Crippen LogP) is 2.02. The lowest BCUT2D eigenvalue weighted by Crippen LogP contribution is -2.28. The van der Waals surface area contributed by atoms with E-state index in [2.05, 4.69) is 9.89 Å². The minimum Gasteiger partial charge on any atom is -0.508 e. The highest BCUT2D eigenvalue weighted by molar-refractivity contribution is 6.02. The Kier molecular flexibility index (Phi) is 1.91. The number of aromatic hydroxyl groups is 1. The normalized spacial score (nSPS) is 20.5. The molecule has 3 nitrogen and oxygen atoms in total. The monoisotopic (exact) mass is 202 g/mol. The molecule has 2 aliphatic rings. The van der Waals surface area contributed by atoms with Crippen molar-refractivity contribution in [2.75, 3.05) is 18.0 Å². The van der Waals surface area contributed by atoms with E-state index in [4.69, 9.17) is 0 Å². The lowest BCUT2D eigenvalue weighted by atomic mass is 10.2. The number of nitrogens with zero attached hydrogens (tertiary/aromatic N) is 2. The first-order valence-electron chi connectivity index (χ1n) is 5.45. The van der Waals surface area contributed by atoms with Crippen LogP contribution in [0.25, 0.3) is 0 Å². The van der Waals surface area contributed by atoms with E-state index in [0.29, 0.717) is 11.7 Å². The molecule has 0 spiro atoms. The number of phenols is 1. The average molecular weight is 202 g/mol. The van der Waals surface area contributed by atoms with Crippen LogP contribution in [-0.4, -0.2) is 24.0 Å². The van der Waals surface area contributed by atoms with Crippen molar-refractivity contribution in [1.29, 1.82) is 0 Å². The Morgan fingerprint density at radius 1 is 1.20 bits per heavy atom. The molecule has 0 bridgehead atoms. The quantitative estimate of drug-likeness (QED) is 0.796. The van der Waals surface area contributed by atoms with Gasteiger partial charge in [0.05, 0.1) is 6.54 Å². The van der Waals surface area contributed by atoms with Gasteiger partial charge in [-0.05, 0) is 37.1 Å². The number of amidine groups is 1. The zero-order chi connectivity index (χ0) is 10.3. The van der Waals surface area contributed by atoms with Gasteiger partial charge in [0.2, 0.25) is 0 Å². The zero-order valence-electron chi connectivity index (χ0n) is 8.56. The van der Waals surface area contributed by atoms with Crippen molar-refractivity contribution >= 4 is 11.5 Å². The smallest absolute Gasteiger partial charge is 0.115 e. The second kappa shape index (κ2) is 3.26. The number of hydrogen-bond acceptors (Lipinski definition) is 3. The summed E-state index contributed by atoms with van der Waals surface area (Å²) in [4.78, 5) is 6.83. The van der Waals surface area contributed by atoms with Crippen LogP contribution in [0.5, 0.6) is 5.75 Å². The van der Waals surface area contributed by atoms with E-state index in [1.54, 1.807) is 12.1 Å². The van der Waals surface area contributed by atoms with E-state index < -0.39 is 0 Å². The van der Waals surface area contributed by atoms with Gasteiger partial charge in [-0.3, -0.25) is 4.99 Å². The van der Waals surface area contributed by atoms with Crippen molar-refractivity contribution in [3.63, 3.8) is 0 Å². The molecule has 78 valence electrons. The summed E-state index contributed by atoms with van der Waals surface area (Å²) in [5.41, 5.74) is 1.15. The van der Waals surface area contributed by atoms with E-state index in [9.17, 15) is 5.11 Å². The highest BCUT2D eigenvalue weighted by Crippen LogP contribution is 2.35. The van der Waals surface area contributed by atoms with Crippen LogP contribution in [0.15, 0.2) is 29.3 Å². The van der Waals surface area contributed by atoms with E-state index in [0.717, 1.165) is 18.8 Å². The third-order valence-electron chi connectivity index (χ3n) is 2.98. The second-order valence-electron chi connectivity index (χ2n) is 4.18. The van der Waals surface area contributed by atoms with Crippen LogP contribution in [0.1, 0.15) is 12.8 Å². The van der Waals surface area contributed by atoms with Gasteiger partial charge in [0, 0.05) is 18.2 Å². The first-order valence-corrected chi connectivity index (χ1v) is 5.45. The molecule has 15 heavy (non-hydrogen) atoms. The molecule has 0 aromatic heterocycles. The maximum Gasteiger partial charge on any atom is 0.115 e. The van der Waals surface area contributed by atoms with Gasteiger partial charge in [-0.1, -0.05) is 0 Å². The summed E-state index contributed by atoms with van der Waals surface area (Å²) in [6.07, 6.45) is 2.57. The van der Waals surface area contributed by atoms with Crippen molar-refractivity contribution < 1.29 is 5.11 Å². The molecule has 0 atom stereocenters. The molecule has 0 amide bonds. The molecule has 3 heteroatoms. The second-order valence-corrected chi connectivity index (χ2v) is 4.18. The van der Waals surface area contributed by atoms with Gasteiger partial charge in [-0.15, -0.1) is 0 Å². The number of anilines is 1. The largest absolute Gasteiger partial charge is 0.508 e. The van der Waals surface area contributed by atoms with Crippen LogP contribution in [-0.2, 0) is 0 Å².